The predicted octanol–water partition coefficient (Wildman–Crippen LogP) is 1.05. The molecule has 2 atom stereocenters. The molecule has 19 heavy (non-hydrogen) atoms. The van der Waals surface area contributed by atoms with Crippen molar-refractivity contribution in [1.29, 1.82) is 0 Å². The summed E-state index contributed by atoms with van der Waals surface area (Å²) < 4.78 is 0. The second-order valence-electron chi connectivity index (χ2n) is 5.13. The van der Waals surface area contributed by atoms with Crippen LogP contribution in [0.3, 0.4) is 0 Å². The number of benzene rings is 1. The lowest BCUT2D eigenvalue weighted by atomic mass is 10.0. The highest BCUT2D eigenvalue weighted by Gasteiger charge is 2.32. The molecule has 0 saturated carbocycles. The van der Waals surface area contributed by atoms with E-state index in [1.54, 1.807) is 21.0 Å². The molecule has 1 aliphatic heterocycles. The minimum absolute atomic E-state index is 0.0473. The van der Waals surface area contributed by atoms with Crippen molar-refractivity contribution in [3.05, 3.63) is 29.3 Å². The van der Waals surface area contributed by atoms with E-state index in [4.69, 9.17) is 0 Å². The lowest BCUT2D eigenvalue weighted by molar-refractivity contribution is -0.131. The molecular weight excluding hydrogens is 242 g/mol. The molecule has 2 amide bonds. The predicted molar refractivity (Wildman–Crippen MR) is 73.8 cm³/mol. The van der Waals surface area contributed by atoms with Gasteiger partial charge in [-0.2, -0.15) is 0 Å². The van der Waals surface area contributed by atoms with Crippen LogP contribution in [0.25, 0.3) is 0 Å². The lowest BCUT2D eigenvalue weighted by Crippen LogP contribution is -2.44. The van der Waals surface area contributed by atoms with Crippen LogP contribution in [-0.2, 0) is 9.59 Å². The van der Waals surface area contributed by atoms with Crippen LogP contribution in [0.5, 0.6) is 0 Å². The molecular formula is C14H19N3O2. The molecule has 1 aliphatic rings. The Morgan fingerprint density at radius 2 is 2.11 bits per heavy atom. The zero-order chi connectivity index (χ0) is 14.2. The summed E-state index contributed by atoms with van der Waals surface area (Å²) >= 11 is 0. The molecule has 0 aromatic heterocycles. The van der Waals surface area contributed by atoms with E-state index in [9.17, 15) is 9.59 Å². The molecule has 5 nitrogen and oxygen atoms in total. The summed E-state index contributed by atoms with van der Waals surface area (Å²) in [6.07, 6.45) is 0. The molecule has 2 unspecified atom stereocenters. The zero-order valence-electron chi connectivity index (χ0n) is 11.7. The van der Waals surface area contributed by atoms with Crippen LogP contribution in [0.2, 0.25) is 0 Å². The highest BCUT2D eigenvalue weighted by atomic mass is 16.2. The number of amides is 2. The van der Waals surface area contributed by atoms with Crippen molar-refractivity contribution in [3.8, 4) is 0 Å². The molecule has 1 aromatic carbocycles. The summed E-state index contributed by atoms with van der Waals surface area (Å²) in [5.74, 6) is -0.159. The lowest BCUT2D eigenvalue weighted by Gasteiger charge is -2.21. The van der Waals surface area contributed by atoms with Crippen molar-refractivity contribution in [1.82, 2.24) is 10.2 Å². The number of anilines is 1. The van der Waals surface area contributed by atoms with Gasteiger partial charge in [0, 0.05) is 25.3 Å². The number of nitrogens with one attached hydrogen (secondary N) is 2. The van der Waals surface area contributed by atoms with Gasteiger partial charge in [-0.1, -0.05) is 17.7 Å². The van der Waals surface area contributed by atoms with E-state index in [0.29, 0.717) is 0 Å². The third kappa shape index (κ3) is 2.61. The molecule has 0 spiro atoms. The van der Waals surface area contributed by atoms with Gasteiger partial charge in [-0.05, 0) is 19.9 Å². The Labute approximate surface area is 113 Å². The third-order valence-electron chi connectivity index (χ3n) is 3.27. The summed E-state index contributed by atoms with van der Waals surface area (Å²) in [6.45, 7) is 3.75. The number of hydrogen-bond acceptors (Lipinski definition) is 3. The van der Waals surface area contributed by atoms with Gasteiger partial charge in [-0.3, -0.25) is 14.9 Å². The largest absolute Gasteiger partial charge is 0.347 e. The normalized spacial score (nSPS) is 18.7. The van der Waals surface area contributed by atoms with E-state index >= 15 is 0 Å². The van der Waals surface area contributed by atoms with E-state index in [-0.39, 0.29) is 11.8 Å². The summed E-state index contributed by atoms with van der Waals surface area (Å²) in [6, 6.07) is 4.95. The van der Waals surface area contributed by atoms with Crippen LogP contribution in [-0.4, -0.2) is 36.9 Å². The van der Waals surface area contributed by atoms with E-state index in [2.05, 4.69) is 10.6 Å². The number of nitrogens with zero attached hydrogens (tertiary/aromatic N) is 1. The van der Waals surface area contributed by atoms with Gasteiger partial charge in [0.05, 0.1) is 6.04 Å². The van der Waals surface area contributed by atoms with Crippen molar-refractivity contribution in [3.63, 3.8) is 0 Å². The Bertz CT molecular complexity index is 525. The standard InChI is InChI=1S/C14H19N3O2/c1-8-5-6-11-10(7-8)12(13(18)16-11)15-9(2)14(19)17(3)4/h5-7,9,12,15H,1-4H3,(H,16,18). The Morgan fingerprint density at radius 1 is 1.42 bits per heavy atom. The molecule has 2 N–H and O–H groups in total. The van der Waals surface area contributed by atoms with Crippen LogP contribution in [0.15, 0.2) is 18.2 Å². The first-order chi connectivity index (χ1) is 8.90. The minimum atomic E-state index is -0.464. The van der Waals surface area contributed by atoms with Crippen LogP contribution < -0.4 is 10.6 Å². The molecule has 0 fully saturated rings. The molecule has 0 aliphatic carbocycles. The molecule has 1 aromatic rings. The molecule has 5 heteroatoms. The molecule has 102 valence electrons. The summed E-state index contributed by atoms with van der Waals surface area (Å²) in [7, 11) is 3.40. The van der Waals surface area contributed by atoms with Gasteiger partial charge in [0.1, 0.15) is 6.04 Å². The zero-order valence-corrected chi connectivity index (χ0v) is 11.7. The number of rotatable bonds is 3. The summed E-state index contributed by atoms with van der Waals surface area (Å²) in [5.41, 5.74) is 2.81. The van der Waals surface area contributed by atoms with E-state index in [0.717, 1.165) is 16.8 Å². The molecule has 0 bridgehead atoms. The number of fused-ring (bicyclic) bond motifs is 1. The average molecular weight is 261 g/mol. The van der Waals surface area contributed by atoms with Gasteiger partial charge in [-0.15, -0.1) is 0 Å². The SMILES string of the molecule is Cc1ccc2c(c1)C(NC(C)C(=O)N(C)C)C(=O)N2. The maximum atomic E-state index is 12.0. The number of carbonyl (C=O) groups is 2. The van der Waals surface area contributed by atoms with E-state index in [1.807, 2.05) is 25.1 Å². The van der Waals surface area contributed by atoms with Crippen molar-refractivity contribution >= 4 is 17.5 Å². The Kier molecular flexibility index (Phi) is 3.57. The molecule has 0 radical (unpaired) electrons. The third-order valence-corrected chi connectivity index (χ3v) is 3.27. The van der Waals surface area contributed by atoms with Gasteiger partial charge in [0.25, 0.3) is 0 Å². The second kappa shape index (κ2) is 5.01. The maximum Gasteiger partial charge on any atom is 0.246 e. The van der Waals surface area contributed by atoms with Crippen LogP contribution in [0, 0.1) is 6.92 Å². The first-order valence-corrected chi connectivity index (χ1v) is 6.29. The summed E-state index contributed by atoms with van der Waals surface area (Å²) in [4.78, 5) is 25.3. The monoisotopic (exact) mass is 261 g/mol. The van der Waals surface area contributed by atoms with Crippen molar-refractivity contribution in [2.75, 3.05) is 19.4 Å². The average Bonchev–Trinajstić information content (AvgIpc) is 2.65. The van der Waals surface area contributed by atoms with Gasteiger partial charge in [0.15, 0.2) is 0 Å². The van der Waals surface area contributed by atoms with Crippen molar-refractivity contribution in [2.45, 2.75) is 25.9 Å². The Hall–Kier alpha value is -1.88. The van der Waals surface area contributed by atoms with Crippen LogP contribution in [0.1, 0.15) is 24.1 Å². The van der Waals surface area contributed by atoms with Crippen LogP contribution >= 0.6 is 0 Å². The molecule has 1 heterocycles. The van der Waals surface area contributed by atoms with E-state index < -0.39 is 12.1 Å². The highest BCUT2D eigenvalue weighted by molar-refractivity contribution is 6.03. The summed E-state index contributed by atoms with van der Waals surface area (Å²) in [5, 5.41) is 5.91. The molecule has 0 saturated heterocycles. The van der Waals surface area contributed by atoms with Gasteiger partial charge < -0.3 is 10.2 Å². The van der Waals surface area contributed by atoms with Gasteiger partial charge in [0.2, 0.25) is 11.8 Å². The van der Waals surface area contributed by atoms with Gasteiger partial charge >= 0.3 is 0 Å². The van der Waals surface area contributed by atoms with Gasteiger partial charge in [-0.25, -0.2) is 0 Å². The minimum Gasteiger partial charge on any atom is -0.347 e. The van der Waals surface area contributed by atoms with E-state index in [1.165, 1.54) is 4.90 Å². The quantitative estimate of drug-likeness (QED) is 0.855. The highest BCUT2D eigenvalue weighted by Crippen LogP contribution is 2.31. The second-order valence-corrected chi connectivity index (χ2v) is 5.13. The fourth-order valence-corrected chi connectivity index (χ4v) is 2.26. The topological polar surface area (TPSA) is 61.4 Å². The number of likely N-dealkylation sites (N-methyl/N-ethyl adjacent to an activating group) is 1. The molecule has 2 rings (SSSR count). The number of aryl methyl sites for hydroxylation is 1. The first-order valence-electron chi connectivity index (χ1n) is 6.29. The first kappa shape index (κ1) is 13.5. The Morgan fingerprint density at radius 3 is 2.74 bits per heavy atom. The fourth-order valence-electron chi connectivity index (χ4n) is 2.26. The fraction of sp³-hybridized carbons (Fsp3) is 0.429. The maximum absolute atomic E-state index is 12.0. The Balaban J connectivity index is 2.20. The van der Waals surface area contributed by atoms with Crippen LogP contribution in [0.4, 0.5) is 5.69 Å². The number of hydrogen-bond donors (Lipinski definition) is 2. The van der Waals surface area contributed by atoms with Crippen molar-refractivity contribution in [2.24, 2.45) is 0 Å². The smallest absolute Gasteiger partial charge is 0.246 e. The van der Waals surface area contributed by atoms with Crippen molar-refractivity contribution < 1.29 is 9.59 Å². The number of carbonyl (C=O) groups excluding carboxylic acids is 2.